The molecule has 1 aliphatic carbocycles. The second-order valence-corrected chi connectivity index (χ2v) is 14.4. The van der Waals surface area contributed by atoms with E-state index < -0.39 is 12.1 Å². The van der Waals surface area contributed by atoms with Crippen molar-refractivity contribution in [3.8, 4) is 0 Å². The third kappa shape index (κ3) is 9.38. The maximum Gasteiger partial charge on any atom is 0.320 e. The molecule has 3 aliphatic rings. The van der Waals surface area contributed by atoms with Gasteiger partial charge in [0.2, 0.25) is 5.91 Å². The lowest BCUT2D eigenvalue weighted by Crippen LogP contribution is -2.53. The molecule has 3 fully saturated rings. The number of allylic oxidation sites excluding steroid dienone is 1. The standard InChI is InChI=1S/C38H49N5O4S/c44-33-23-35(43(25-33)38(46)42-19-8-3-9-20-42)36(45)40-31(21-28-11-4-1-5-12-28)17-18-32(22-29-13-6-2-7-14-29)41-37(30-15-10-16-30)47-26-34-24-39-27-48-34/h1-2,4-7,11-14,24,27,31-33,35,41,44H,3,8-10,15-23,25-26H2,(H,40,45)/t31-,32-,33+,35-/m0/s1. The van der Waals surface area contributed by atoms with Crippen LogP contribution in [0.1, 0.15) is 73.8 Å². The number of carbonyl (C=O) groups excluding carboxylic acids is 2. The van der Waals surface area contributed by atoms with Gasteiger partial charge in [0.25, 0.3) is 0 Å². The van der Waals surface area contributed by atoms with Crippen molar-refractivity contribution in [1.82, 2.24) is 25.4 Å². The maximum absolute atomic E-state index is 14.0. The highest BCUT2D eigenvalue weighted by atomic mass is 32.1. The Morgan fingerprint density at radius 2 is 1.54 bits per heavy atom. The van der Waals surface area contributed by atoms with Gasteiger partial charge in [0, 0.05) is 44.3 Å². The van der Waals surface area contributed by atoms with Gasteiger partial charge in [0.05, 0.1) is 16.5 Å². The van der Waals surface area contributed by atoms with Crippen LogP contribution in [0.2, 0.25) is 0 Å². The number of carbonyl (C=O) groups is 2. The molecule has 0 radical (unpaired) electrons. The van der Waals surface area contributed by atoms with E-state index in [4.69, 9.17) is 4.74 Å². The van der Waals surface area contributed by atoms with Crippen LogP contribution in [-0.4, -0.2) is 75.7 Å². The number of aromatic nitrogens is 1. The van der Waals surface area contributed by atoms with Crippen molar-refractivity contribution >= 4 is 23.3 Å². The Morgan fingerprint density at radius 1 is 0.896 bits per heavy atom. The number of rotatable bonds is 14. The minimum absolute atomic E-state index is 0.0811. The number of benzene rings is 2. The van der Waals surface area contributed by atoms with E-state index >= 15 is 0 Å². The first kappa shape index (κ1) is 34.0. The van der Waals surface area contributed by atoms with Crippen molar-refractivity contribution in [2.45, 2.75) is 101 Å². The molecule has 9 nitrogen and oxygen atoms in total. The number of hydrogen-bond acceptors (Lipinski definition) is 7. The summed E-state index contributed by atoms with van der Waals surface area (Å²) in [7, 11) is 0. The van der Waals surface area contributed by atoms with Crippen molar-refractivity contribution in [1.29, 1.82) is 0 Å². The molecule has 2 aromatic carbocycles. The molecule has 48 heavy (non-hydrogen) atoms. The first-order chi connectivity index (χ1) is 23.5. The number of β-amino-alcohol motifs (C(OH)–C–C–N with tert-alkyl or cyclic N) is 1. The smallest absolute Gasteiger partial charge is 0.320 e. The predicted molar refractivity (Wildman–Crippen MR) is 188 cm³/mol. The Bertz CT molecular complexity index is 1470. The van der Waals surface area contributed by atoms with Gasteiger partial charge in [0.15, 0.2) is 5.88 Å². The quantitative estimate of drug-likeness (QED) is 0.187. The van der Waals surface area contributed by atoms with E-state index in [0.717, 1.165) is 67.7 Å². The fourth-order valence-corrected chi connectivity index (χ4v) is 7.46. The van der Waals surface area contributed by atoms with Gasteiger partial charge in [-0.3, -0.25) is 9.78 Å². The number of amides is 3. The Balaban J connectivity index is 1.17. The first-order valence-electron chi connectivity index (χ1n) is 17.6. The normalized spacial score (nSPS) is 20.5. The molecular weight excluding hydrogens is 623 g/mol. The number of nitrogens with one attached hydrogen (secondary N) is 2. The third-order valence-corrected chi connectivity index (χ3v) is 10.5. The van der Waals surface area contributed by atoms with E-state index in [1.165, 1.54) is 17.6 Å². The molecule has 3 heterocycles. The monoisotopic (exact) mass is 671 g/mol. The second kappa shape index (κ2) is 17.0. The van der Waals surface area contributed by atoms with Crippen molar-refractivity contribution < 1.29 is 19.4 Å². The average Bonchev–Trinajstić information content (AvgIpc) is 3.76. The number of thiazole rings is 1. The number of aliphatic hydroxyl groups excluding tert-OH is 1. The number of likely N-dealkylation sites (tertiary alicyclic amines) is 2. The Morgan fingerprint density at radius 3 is 2.12 bits per heavy atom. The first-order valence-corrected chi connectivity index (χ1v) is 18.5. The topological polar surface area (TPSA) is 107 Å². The zero-order valence-electron chi connectivity index (χ0n) is 27.8. The molecule has 0 unspecified atom stereocenters. The number of aliphatic hydroxyl groups is 1. The summed E-state index contributed by atoms with van der Waals surface area (Å²) >= 11 is 1.60. The summed E-state index contributed by atoms with van der Waals surface area (Å²) in [4.78, 5) is 36.2. The fourth-order valence-electron chi connectivity index (χ4n) is 6.96. The predicted octanol–water partition coefficient (Wildman–Crippen LogP) is 5.80. The minimum atomic E-state index is -0.704. The molecule has 4 atom stereocenters. The summed E-state index contributed by atoms with van der Waals surface area (Å²) in [6.45, 7) is 2.09. The summed E-state index contributed by atoms with van der Waals surface area (Å²) in [6, 6.07) is 19.9. The van der Waals surface area contributed by atoms with Gasteiger partial charge < -0.3 is 30.3 Å². The molecule has 10 heteroatoms. The summed E-state index contributed by atoms with van der Waals surface area (Å²) in [5, 5.41) is 17.7. The molecule has 2 aliphatic heterocycles. The van der Waals surface area contributed by atoms with Crippen LogP contribution >= 0.6 is 11.3 Å². The number of ether oxygens (including phenoxy) is 1. The highest BCUT2D eigenvalue weighted by Gasteiger charge is 2.41. The summed E-state index contributed by atoms with van der Waals surface area (Å²) < 4.78 is 6.39. The van der Waals surface area contributed by atoms with Crippen molar-refractivity contribution in [3.05, 3.63) is 99.8 Å². The van der Waals surface area contributed by atoms with Gasteiger partial charge in [-0.25, -0.2) is 4.79 Å². The maximum atomic E-state index is 14.0. The van der Waals surface area contributed by atoms with Crippen LogP contribution in [0.3, 0.4) is 0 Å². The largest absolute Gasteiger partial charge is 0.473 e. The van der Waals surface area contributed by atoms with E-state index in [-0.39, 0.29) is 37.0 Å². The van der Waals surface area contributed by atoms with Gasteiger partial charge in [-0.2, -0.15) is 0 Å². The summed E-state index contributed by atoms with van der Waals surface area (Å²) in [6.07, 6.45) is 10.8. The van der Waals surface area contributed by atoms with Gasteiger partial charge in [-0.1, -0.05) is 60.7 Å². The van der Waals surface area contributed by atoms with E-state index in [2.05, 4.69) is 52.0 Å². The fraction of sp³-hybridized carbons (Fsp3) is 0.500. The van der Waals surface area contributed by atoms with Crippen LogP contribution < -0.4 is 10.6 Å². The Hall–Kier alpha value is -3.89. The highest BCUT2D eigenvalue weighted by Crippen LogP contribution is 2.30. The zero-order valence-corrected chi connectivity index (χ0v) is 28.6. The number of piperidine rings is 1. The SMILES string of the molecule is O=C(N[C@@H](CC[C@@H](Cc1ccccc1)NC(OCc1cncs1)=C1CCC1)Cc1ccccc1)[C@@H]1C[C@@H](O)CN1C(=O)N1CCCCC1. The number of urea groups is 1. The molecule has 3 N–H and O–H groups in total. The summed E-state index contributed by atoms with van der Waals surface area (Å²) in [5.74, 6) is 0.696. The van der Waals surface area contributed by atoms with Crippen LogP contribution in [0.4, 0.5) is 4.79 Å². The molecule has 256 valence electrons. The summed E-state index contributed by atoms with van der Waals surface area (Å²) in [5.41, 5.74) is 5.54. The molecule has 1 aromatic heterocycles. The van der Waals surface area contributed by atoms with E-state index in [1.54, 1.807) is 16.2 Å². The molecule has 6 rings (SSSR count). The molecule has 3 aromatic rings. The van der Waals surface area contributed by atoms with Crippen molar-refractivity contribution in [2.24, 2.45) is 0 Å². The Kier molecular flexibility index (Phi) is 12.0. The minimum Gasteiger partial charge on any atom is -0.473 e. The van der Waals surface area contributed by atoms with Crippen molar-refractivity contribution in [3.63, 3.8) is 0 Å². The van der Waals surface area contributed by atoms with Gasteiger partial charge in [-0.15, -0.1) is 11.3 Å². The molecular formula is C38H49N5O4S. The van der Waals surface area contributed by atoms with E-state index in [0.29, 0.717) is 26.1 Å². The van der Waals surface area contributed by atoms with Gasteiger partial charge in [-0.05, 0) is 80.9 Å². The Labute approximate surface area is 288 Å². The lowest BCUT2D eigenvalue weighted by Gasteiger charge is -2.34. The lowest BCUT2D eigenvalue weighted by atomic mass is 9.92. The highest BCUT2D eigenvalue weighted by molar-refractivity contribution is 7.09. The van der Waals surface area contributed by atoms with Crippen LogP contribution in [0.25, 0.3) is 0 Å². The molecule has 0 bridgehead atoms. The van der Waals surface area contributed by atoms with Gasteiger partial charge >= 0.3 is 6.03 Å². The zero-order chi connectivity index (χ0) is 33.1. The van der Waals surface area contributed by atoms with Crippen LogP contribution in [0, 0.1) is 0 Å². The molecule has 2 saturated heterocycles. The molecule has 1 saturated carbocycles. The molecule has 0 spiro atoms. The van der Waals surface area contributed by atoms with E-state index in [1.807, 2.05) is 40.9 Å². The second-order valence-electron chi connectivity index (χ2n) is 13.4. The van der Waals surface area contributed by atoms with Crippen LogP contribution in [-0.2, 0) is 29.0 Å². The third-order valence-electron chi connectivity index (χ3n) is 9.77. The van der Waals surface area contributed by atoms with E-state index in [9.17, 15) is 14.7 Å². The van der Waals surface area contributed by atoms with Gasteiger partial charge in [0.1, 0.15) is 12.6 Å². The van der Waals surface area contributed by atoms with Crippen LogP contribution in [0.5, 0.6) is 0 Å². The number of hydrogen-bond donors (Lipinski definition) is 3. The lowest BCUT2D eigenvalue weighted by molar-refractivity contribution is -0.125. The number of nitrogens with zero attached hydrogens (tertiary/aromatic N) is 3. The van der Waals surface area contributed by atoms with Crippen molar-refractivity contribution in [2.75, 3.05) is 19.6 Å². The molecule has 3 amide bonds. The average molecular weight is 672 g/mol. The van der Waals surface area contributed by atoms with Crippen LogP contribution in [0.15, 0.2) is 83.8 Å².